The Balaban J connectivity index is 1.37. The first kappa shape index (κ1) is 29.1. The SMILES string of the molecule is CC(C1CCN(c2ccc(C(=O)NC3C(C)(C)C(Oc4ccc(C#N)c(Cl)c4)C3(C)C)nn2)CC1)S(=O)(=O)O. The van der Waals surface area contributed by atoms with E-state index in [-0.39, 0.29) is 29.7 Å². The number of hydrogen-bond acceptors (Lipinski definition) is 8. The summed E-state index contributed by atoms with van der Waals surface area (Å²) in [6.07, 6.45) is 0.989. The Hall–Kier alpha value is -2.94. The van der Waals surface area contributed by atoms with E-state index in [1.165, 1.54) is 6.92 Å². The molecule has 1 aliphatic carbocycles. The van der Waals surface area contributed by atoms with Crippen molar-refractivity contribution in [3.05, 3.63) is 46.6 Å². The Morgan fingerprint density at radius 2 is 1.82 bits per heavy atom. The quantitative estimate of drug-likeness (QED) is 0.466. The highest BCUT2D eigenvalue weighted by molar-refractivity contribution is 7.86. The fourth-order valence-electron chi connectivity index (χ4n) is 6.26. The maximum absolute atomic E-state index is 13.1. The Kier molecular flexibility index (Phi) is 7.87. The summed E-state index contributed by atoms with van der Waals surface area (Å²) in [4.78, 5) is 15.1. The van der Waals surface area contributed by atoms with Crippen LogP contribution in [0.3, 0.4) is 0 Å². The number of rotatable bonds is 7. The third kappa shape index (κ3) is 5.69. The van der Waals surface area contributed by atoms with E-state index < -0.39 is 26.2 Å². The van der Waals surface area contributed by atoms with Crippen LogP contribution in [0.2, 0.25) is 5.02 Å². The lowest BCUT2D eigenvalue weighted by atomic mass is 9.49. The van der Waals surface area contributed by atoms with Crippen molar-refractivity contribution in [1.29, 1.82) is 5.26 Å². The number of ether oxygens (including phenoxy) is 1. The average molecular weight is 576 g/mol. The van der Waals surface area contributed by atoms with Crippen molar-refractivity contribution in [2.45, 2.75) is 64.9 Å². The molecule has 1 aliphatic heterocycles. The van der Waals surface area contributed by atoms with Crippen LogP contribution in [0.25, 0.3) is 0 Å². The number of halogens is 1. The first-order valence-electron chi connectivity index (χ1n) is 12.9. The third-order valence-corrected chi connectivity index (χ3v) is 9.95. The van der Waals surface area contributed by atoms with Crippen LogP contribution in [0.5, 0.6) is 5.75 Å². The molecule has 4 rings (SSSR count). The highest BCUT2D eigenvalue weighted by atomic mass is 35.5. The molecule has 0 spiro atoms. The van der Waals surface area contributed by atoms with Crippen molar-refractivity contribution < 1.29 is 22.5 Å². The number of hydrogen-bond donors (Lipinski definition) is 2. The van der Waals surface area contributed by atoms with Gasteiger partial charge in [-0.1, -0.05) is 39.3 Å². The van der Waals surface area contributed by atoms with Crippen molar-refractivity contribution in [3.8, 4) is 11.8 Å². The molecule has 1 aromatic carbocycles. The average Bonchev–Trinajstić information content (AvgIpc) is 2.89. The zero-order valence-electron chi connectivity index (χ0n) is 22.7. The summed E-state index contributed by atoms with van der Waals surface area (Å²) in [5.41, 5.74) is -0.236. The molecule has 1 saturated carbocycles. The Labute approximate surface area is 234 Å². The van der Waals surface area contributed by atoms with Gasteiger partial charge in [-0.25, -0.2) is 0 Å². The summed E-state index contributed by atoms with van der Waals surface area (Å²) >= 11 is 6.17. The first-order valence-corrected chi connectivity index (χ1v) is 14.8. The third-order valence-electron chi connectivity index (χ3n) is 8.31. The van der Waals surface area contributed by atoms with Crippen molar-refractivity contribution >= 4 is 33.4 Å². The fraction of sp³-hybridized carbons (Fsp3) is 0.556. The van der Waals surface area contributed by atoms with Gasteiger partial charge in [0.2, 0.25) is 0 Å². The molecule has 2 aromatic rings. The maximum atomic E-state index is 13.1. The molecule has 1 saturated heterocycles. The van der Waals surface area contributed by atoms with Gasteiger partial charge in [0.1, 0.15) is 17.9 Å². The topological polar surface area (TPSA) is 146 Å². The Bertz CT molecular complexity index is 1370. The predicted octanol–water partition coefficient (Wildman–Crippen LogP) is 4.11. The lowest BCUT2D eigenvalue weighted by Crippen LogP contribution is -2.74. The van der Waals surface area contributed by atoms with Crippen LogP contribution in [0.4, 0.5) is 5.82 Å². The molecule has 1 atom stereocenters. The number of anilines is 1. The second-order valence-corrected chi connectivity index (χ2v) is 13.8. The minimum Gasteiger partial charge on any atom is -0.489 e. The summed E-state index contributed by atoms with van der Waals surface area (Å²) in [6, 6.07) is 10.2. The molecule has 1 amide bonds. The fourth-order valence-corrected chi connectivity index (χ4v) is 7.23. The second-order valence-electron chi connectivity index (χ2n) is 11.6. The van der Waals surface area contributed by atoms with E-state index in [1.807, 2.05) is 38.7 Å². The molecule has 2 N–H and O–H groups in total. The maximum Gasteiger partial charge on any atom is 0.272 e. The van der Waals surface area contributed by atoms with E-state index >= 15 is 0 Å². The van der Waals surface area contributed by atoms with Gasteiger partial charge in [-0.3, -0.25) is 9.35 Å². The summed E-state index contributed by atoms with van der Waals surface area (Å²) in [6.45, 7) is 10.8. The van der Waals surface area contributed by atoms with Crippen LogP contribution in [-0.4, -0.2) is 59.6 Å². The second kappa shape index (κ2) is 10.6. The van der Waals surface area contributed by atoms with Crippen molar-refractivity contribution in [2.24, 2.45) is 16.7 Å². The van der Waals surface area contributed by atoms with E-state index in [2.05, 4.69) is 15.5 Å². The summed E-state index contributed by atoms with van der Waals surface area (Å²) < 4.78 is 38.5. The number of nitriles is 1. The largest absolute Gasteiger partial charge is 0.489 e. The summed E-state index contributed by atoms with van der Waals surface area (Å²) in [7, 11) is -4.06. The van der Waals surface area contributed by atoms with E-state index in [0.29, 0.717) is 48.1 Å². The molecule has 0 radical (unpaired) electrons. The molecule has 39 heavy (non-hydrogen) atoms. The minimum absolute atomic E-state index is 0.120. The number of piperidine rings is 1. The van der Waals surface area contributed by atoms with Crippen molar-refractivity contribution in [1.82, 2.24) is 15.5 Å². The first-order chi connectivity index (χ1) is 18.2. The normalized spacial score (nSPS) is 23.3. The smallest absolute Gasteiger partial charge is 0.272 e. The predicted molar refractivity (Wildman–Crippen MR) is 147 cm³/mol. The molecule has 210 valence electrons. The number of amides is 1. The van der Waals surface area contributed by atoms with Gasteiger partial charge in [-0.05, 0) is 49.9 Å². The van der Waals surface area contributed by atoms with Crippen LogP contribution in [0.1, 0.15) is 63.5 Å². The van der Waals surface area contributed by atoms with Crippen molar-refractivity contribution in [3.63, 3.8) is 0 Å². The molecule has 0 bridgehead atoms. The molecule has 10 nitrogen and oxygen atoms in total. The number of nitrogens with one attached hydrogen (secondary N) is 1. The number of carbonyl (C=O) groups is 1. The minimum atomic E-state index is -4.06. The van der Waals surface area contributed by atoms with Gasteiger partial charge in [0, 0.05) is 36.0 Å². The Morgan fingerprint density at radius 3 is 2.33 bits per heavy atom. The molecule has 12 heteroatoms. The molecule has 2 fully saturated rings. The lowest BCUT2D eigenvalue weighted by molar-refractivity contribution is -0.164. The molecular formula is C27H34ClN5O5S. The van der Waals surface area contributed by atoms with Crippen LogP contribution in [0, 0.1) is 28.1 Å². The molecular weight excluding hydrogens is 542 g/mol. The van der Waals surface area contributed by atoms with Gasteiger partial charge in [0.15, 0.2) is 11.5 Å². The van der Waals surface area contributed by atoms with E-state index in [0.717, 1.165) is 0 Å². The number of carbonyl (C=O) groups excluding carboxylic acids is 1. The van der Waals surface area contributed by atoms with E-state index in [4.69, 9.17) is 21.6 Å². The van der Waals surface area contributed by atoms with Gasteiger partial charge < -0.3 is 15.0 Å². The summed E-state index contributed by atoms with van der Waals surface area (Å²) in [5.74, 6) is 0.724. The van der Waals surface area contributed by atoms with Gasteiger partial charge in [-0.15, -0.1) is 10.2 Å². The van der Waals surface area contributed by atoms with Crippen LogP contribution in [0.15, 0.2) is 30.3 Å². The molecule has 2 heterocycles. The number of nitrogens with zero attached hydrogens (tertiary/aromatic N) is 4. The lowest BCUT2D eigenvalue weighted by Gasteiger charge is -2.63. The monoisotopic (exact) mass is 575 g/mol. The van der Waals surface area contributed by atoms with E-state index in [9.17, 15) is 17.8 Å². The highest BCUT2D eigenvalue weighted by Gasteiger charge is 2.64. The zero-order chi connectivity index (χ0) is 28.8. The van der Waals surface area contributed by atoms with Gasteiger partial charge in [0.05, 0.1) is 15.8 Å². The number of aromatic nitrogens is 2. The number of benzene rings is 1. The van der Waals surface area contributed by atoms with Crippen LogP contribution < -0.4 is 15.0 Å². The molecule has 2 aliphatic rings. The van der Waals surface area contributed by atoms with Crippen LogP contribution in [-0.2, 0) is 10.1 Å². The van der Waals surface area contributed by atoms with E-state index in [1.54, 1.807) is 30.3 Å². The highest BCUT2D eigenvalue weighted by Crippen LogP contribution is 2.55. The van der Waals surface area contributed by atoms with Crippen molar-refractivity contribution in [2.75, 3.05) is 18.0 Å². The zero-order valence-corrected chi connectivity index (χ0v) is 24.3. The molecule has 1 aromatic heterocycles. The Morgan fingerprint density at radius 1 is 1.18 bits per heavy atom. The summed E-state index contributed by atoms with van der Waals surface area (Å²) in [5, 5.41) is 20.1. The van der Waals surface area contributed by atoms with Crippen LogP contribution >= 0.6 is 11.6 Å². The standard InChI is InChI=1S/C27H34ClN5O5S/c1-16(39(35,36)37)17-10-12-33(13-11-17)22-9-8-21(31-32-22)23(34)30-24-26(2,3)25(27(24,4)5)38-19-7-6-18(15-29)20(28)14-19/h6-9,14,16-17,24-25H,10-13H2,1-5H3,(H,30,34)(H,35,36,37). The van der Waals surface area contributed by atoms with Gasteiger partial charge >= 0.3 is 0 Å². The molecule has 1 unspecified atom stereocenters. The van der Waals surface area contributed by atoms with Gasteiger partial charge in [-0.2, -0.15) is 13.7 Å². The van der Waals surface area contributed by atoms with Gasteiger partial charge in [0.25, 0.3) is 16.0 Å².